The number of ether oxygens (including phenoxy) is 1. The number of rotatable bonds is 8. The van der Waals surface area contributed by atoms with Gasteiger partial charge in [-0.15, -0.1) is 0 Å². The summed E-state index contributed by atoms with van der Waals surface area (Å²) in [5.41, 5.74) is 1.75. The first-order valence-corrected chi connectivity index (χ1v) is 11.9. The number of amides is 1. The van der Waals surface area contributed by atoms with Crippen LogP contribution >= 0.6 is 0 Å². The molecular formula is C25H26N2O5S. The predicted octanol–water partition coefficient (Wildman–Crippen LogP) is 4.03. The number of hydrogen-bond acceptors (Lipinski definition) is 5. The molecular weight excluding hydrogens is 440 g/mol. The molecule has 0 N–H and O–H groups in total. The molecule has 0 atom stereocenters. The minimum absolute atomic E-state index is 0.00961. The van der Waals surface area contributed by atoms with Crippen molar-refractivity contribution in [3.05, 3.63) is 90.0 Å². The Labute approximate surface area is 194 Å². The monoisotopic (exact) mass is 466 g/mol. The summed E-state index contributed by atoms with van der Waals surface area (Å²) in [5, 5.41) is 0. The van der Waals surface area contributed by atoms with Gasteiger partial charge in [0.15, 0.2) is 6.61 Å². The molecule has 0 unspecified atom stereocenters. The van der Waals surface area contributed by atoms with E-state index in [1.54, 1.807) is 75.5 Å². The number of aryl methyl sites for hydroxylation is 1. The van der Waals surface area contributed by atoms with Gasteiger partial charge in [-0.25, -0.2) is 13.2 Å². The number of likely N-dealkylation sites (N-methyl/N-ethyl adjacent to an activating group) is 1. The molecule has 0 aliphatic rings. The van der Waals surface area contributed by atoms with E-state index in [-0.39, 0.29) is 17.0 Å². The highest BCUT2D eigenvalue weighted by molar-refractivity contribution is 7.92. The van der Waals surface area contributed by atoms with Crippen molar-refractivity contribution in [3.8, 4) is 0 Å². The molecule has 0 radical (unpaired) electrons. The van der Waals surface area contributed by atoms with Gasteiger partial charge in [0.1, 0.15) is 0 Å². The van der Waals surface area contributed by atoms with Crippen LogP contribution in [0.25, 0.3) is 0 Å². The van der Waals surface area contributed by atoms with Crippen LogP contribution in [0.3, 0.4) is 0 Å². The Morgan fingerprint density at radius 2 is 1.45 bits per heavy atom. The van der Waals surface area contributed by atoms with Crippen molar-refractivity contribution in [2.24, 2.45) is 0 Å². The second-order valence-electron chi connectivity index (χ2n) is 7.35. The van der Waals surface area contributed by atoms with Gasteiger partial charge in [0, 0.05) is 19.3 Å². The van der Waals surface area contributed by atoms with Crippen molar-refractivity contribution in [3.63, 3.8) is 0 Å². The number of benzene rings is 3. The maximum absolute atomic E-state index is 13.4. The molecule has 0 saturated heterocycles. The lowest BCUT2D eigenvalue weighted by molar-refractivity contribution is -0.121. The van der Waals surface area contributed by atoms with Gasteiger partial charge in [-0.3, -0.25) is 9.10 Å². The Morgan fingerprint density at radius 1 is 0.879 bits per heavy atom. The van der Waals surface area contributed by atoms with Crippen LogP contribution in [0.5, 0.6) is 0 Å². The quantitative estimate of drug-likeness (QED) is 0.468. The fourth-order valence-electron chi connectivity index (χ4n) is 3.31. The van der Waals surface area contributed by atoms with E-state index in [9.17, 15) is 18.0 Å². The normalized spacial score (nSPS) is 11.0. The van der Waals surface area contributed by atoms with Crippen molar-refractivity contribution in [2.45, 2.75) is 18.7 Å². The molecule has 3 rings (SSSR count). The van der Waals surface area contributed by atoms with E-state index >= 15 is 0 Å². The van der Waals surface area contributed by atoms with Crippen LogP contribution in [0.4, 0.5) is 11.4 Å². The number of para-hydroxylation sites is 2. The van der Waals surface area contributed by atoms with E-state index in [1.807, 2.05) is 12.1 Å². The molecule has 0 aromatic heterocycles. The van der Waals surface area contributed by atoms with Crippen LogP contribution in [0.2, 0.25) is 0 Å². The third kappa shape index (κ3) is 5.40. The average molecular weight is 467 g/mol. The van der Waals surface area contributed by atoms with E-state index < -0.39 is 28.5 Å². The van der Waals surface area contributed by atoms with Gasteiger partial charge in [0.25, 0.3) is 15.9 Å². The molecule has 3 aromatic carbocycles. The van der Waals surface area contributed by atoms with Crippen LogP contribution in [0.15, 0.2) is 83.8 Å². The zero-order valence-corrected chi connectivity index (χ0v) is 19.6. The summed E-state index contributed by atoms with van der Waals surface area (Å²) < 4.78 is 33.2. The van der Waals surface area contributed by atoms with Crippen molar-refractivity contribution >= 4 is 33.3 Å². The van der Waals surface area contributed by atoms with Crippen molar-refractivity contribution in [1.82, 2.24) is 0 Å². The molecule has 8 heteroatoms. The Balaban J connectivity index is 1.79. The first kappa shape index (κ1) is 24.0. The second-order valence-corrected chi connectivity index (χ2v) is 9.18. The van der Waals surface area contributed by atoms with E-state index in [2.05, 4.69) is 0 Å². The van der Waals surface area contributed by atoms with Gasteiger partial charge in [-0.2, -0.15) is 0 Å². The highest BCUT2D eigenvalue weighted by atomic mass is 32.2. The predicted molar refractivity (Wildman–Crippen MR) is 128 cm³/mol. The van der Waals surface area contributed by atoms with Gasteiger partial charge < -0.3 is 9.64 Å². The lowest BCUT2D eigenvalue weighted by Crippen LogP contribution is -2.32. The molecule has 7 nitrogen and oxygen atoms in total. The third-order valence-electron chi connectivity index (χ3n) is 5.17. The standard InChI is InChI=1S/C25H26N2O5S/c1-4-27(22-13-9-6-10-14-22)33(30,31)23-17-20(16-15-19(23)2)25(29)32-18-24(28)26(3)21-11-7-5-8-12-21/h5-17H,4,18H2,1-3H3. The van der Waals surface area contributed by atoms with Crippen LogP contribution in [-0.2, 0) is 19.6 Å². The fraction of sp³-hybridized carbons (Fsp3) is 0.200. The smallest absolute Gasteiger partial charge is 0.338 e. The second kappa shape index (κ2) is 10.3. The number of hydrogen-bond donors (Lipinski definition) is 0. The summed E-state index contributed by atoms with van der Waals surface area (Å²) in [7, 11) is -2.33. The van der Waals surface area contributed by atoms with Crippen molar-refractivity contribution in [2.75, 3.05) is 29.4 Å². The Morgan fingerprint density at radius 3 is 2.03 bits per heavy atom. The molecule has 0 aliphatic carbocycles. The third-order valence-corrected chi connectivity index (χ3v) is 7.21. The topological polar surface area (TPSA) is 84.0 Å². The molecule has 0 saturated carbocycles. The Kier molecular flexibility index (Phi) is 7.50. The van der Waals surface area contributed by atoms with Gasteiger partial charge in [0.2, 0.25) is 0 Å². The lowest BCUT2D eigenvalue weighted by atomic mass is 10.1. The molecule has 0 bridgehead atoms. The molecule has 0 heterocycles. The molecule has 33 heavy (non-hydrogen) atoms. The van der Waals surface area contributed by atoms with Gasteiger partial charge >= 0.3 is 5.97 Å². The molecule has 1 amide bonds. The average Bonchev–Trinajstić information content (AvgIpc) is 2.83. The summed E-state index contributed by atoms with van der Waals surface area (Å²) in [6.45, 7) is 3.16. The number of sulfonamides is 1. The molecule has 172 valence electrons. The van der Waals surface area contributed by atoms with E-state index in [1.165, 1.54) is 21.3 Å². The first-order valence-electron chi connectivity index (χ1n) is 10.4. The van der Waals surface area contributed by atoms with Gasteiger partial charge in [0.05, 0.1) is 16.1 Å². The molecule has 0 spiro atoms. The first-order chi connectivity index (χ1) is 15.8. The summed E-state index contributed by atoms with van der Waals surface area (Å²) in [4.78, 5) is 26.4. The Hall–Kier alpha value is -3.65. The number of carbonyl (C=O) groups is 2. The Bertz CT molecular complexity index is 1230. The van der Waals surface area contributed by atoms with E-state index in [0.29, 0.717) is 16.9 Å². The maximum Gasteiger partial charge on any atom is 0.338 e. The van der Waals surface area contributed by atoms with Crippen LogP contribution < -0.4 is 9.21 Å². The zero-order chi connectivity index (χ0) is 24.0. The van der Waals surface area contributed by atoms with Crippen LogP contribution in [-0.4, -0.2) is 40.5 Å². The summed E-state index contributed by atoms with van der Waals surface area (Å²) in [6.07, 6.45) is 0. The largest absolute Gasteiger partial charge is 0.452 e. The summed E-state index contributed by atoms with van der Waals surface area (Å²) in [6, 6.07) is 22.1. The van der Waals surface area contributed by atoms with Crippen LogP contribution in [0.1, 0.15) is 22.8 Å². The van der Waals surface area contributed by atoms with Gasteiger partial charge in [-0.1, -0.05) is 42.5 Å². The van der Waals surface area contributed by atoms with Gasteiger partial charge in [-0.05, 0) is 55.8 Å². The zero-order valence-electron chi connectivity index (χ0n) is 18.8. The number of anilines is 2. The van der Waals surface area contributed by atoms with Crippen molar-refractivity contribution < 1.29 is 22.7 Å². The minimum atomic E-state index is -3.92. The maximum atomic E-state index is 13.4. The highest BCUT2D eigenvalue weighted by Crippen LogP contribution is 2.26. The number of carbonyl (C=O) groups excluding carboxylic acids is 2. The SMILES string of the molecule is CCN(c1ccccc1)S(=O)(=O)c1cc(C(=O)OCC(=O)N(C)c2ccccc2)ccc1C. The number of esters is 1. The highest BCUT2D eigenvalue weighted by Gasteiger charge is 2.27. The molecule has 0 aliphatic heterocycles. The minimum Gasteiger partial charge on any atom is -0.452 e. The van der Waals surface area contributed by atoms with E-state index in [4.69, 9.17) is 4.74 Å². The fourth-order valence-corrected chi connectivity index (χ4v) is 5.04. The number of nitrogens with zero attached hydrogens (tertiary/aromatic N) is 2. The van der Waals surface area contributed by atoms with Crippen LogP contribution in [0, 0.1) is 6.92 Å². The summed E-state index contributed by atoms with van der Waals surface area (Å²) in [5.74, 6) is -1.18. The van der Waals surface area contributed by atoms with Crippen molar-refractivity contribution in [1.29, 1.82) is 0 Å². The molecule has 3 aromatic rings. The molecule has 0 fully saturated rings. The van der Waals surface area contributed by atoms with E-state index in [0.717, 1.165) is 0 Å². The lowest BCUT2D eigenvalue weighted by Gasteiger charge is -2.24. The summed E-state index contributed by atoms with van der Waals surface area (Å²) >= 11 is 0.